The Morgan fingerprint density at radius 1 is 1.50 bits per heavy atom. The molecule has 1 atom stereocenters. The van der Waals surface area contributed by atoms with Gasteiger partial charge in [-0.15, -0.1) is 11.3 Å². The number of hydrogen-bond acceptors (Lipinski definition) is 5. The lowest BCUT2D eigenvalue weighted by molar-refractivity contribution is 0.0206. The summed E-state index contributed by atoms with van der Waals surface area (Å²) in [6, 6.07) is 3.94. The van der Waals surface area contributed by atoms with Gasteiger partial charge in [0.2, 0.25) is 0 Å². The average Bonchev–Trinajstić information content (AvgIpc) is 2.93. The van der Waals surface area contributed by atoms with Gasteiger partial charge in [-0.25, -0.2) is 4.98 Å². The van der Waals surface area contributed by atoms with Crippen LogP contribution in [-0.4, -0.2) is 27.4 Å². The van der Waals surface area contributed by atoms with E-state index in [4.69, 9.17) is 4.74 Å². The molecule has 0 aliphatic carbocycles. The van der Waals surface area contributed by atoms with Gasteiger partial charge in [-0.3, -0.25) is 9.36 Å². The molecule has 0 spiro atoms. The van der Waals surface area contributed by atoms with Gasteiger partial charge in [0.1, 0.15) is 0 Å². The van der Waals surface area contributed by atoms with Crippen molar-refractivity contribution in [3.63, 3.8) is 0 Å². The lowest BCUT2D eigenvalue weighted by atomic mass is 10.2. The summed E-state index contributed by atoms with van der Waals surface area (Å²) >= 11 is 1.61. The minimum atomic E-state index is -0.725. The molecule has 6 heteroatoms. The second-order valence-corrected chi connectivity index (χ2v) is 5.69. The number of aliphatic hydroxyl groups excluding tert-OH is 1. The molecule has 108 valence electrons. The Labute approximate surface area is 121 Å². The van der Waals surface area contributed by atoms with E-state index in [1.165, 1.54) is 10.9 Å². The van der Waals surface area contributed by atoms with Crippen LogP contribution < -0.4 is 5.56 Å². The van der Waals surface area contributed by atoms with Crippen LogP contribution in [0.5, 0.6) is 0 Å². The highest BCUT2D eigenvalue weighted by atomic mass is 32.1. The zero-order valence-corrected chi connectivity index (χ0v) is 12.4. The SMILES string of the molecule is Cc1ncn(C[C@H](O)COCc2cccs2)c(=O)c1C. The van der Waals surface area contributed by atoms with Gasteiger partial charge in [0.15, 0.2) is 0 Å². The summed E-state index contributed by atoms with van der Waals surface area (Å²) < 4.78 is 6.85. The Morgan fingerprint density at radius 3 is 3.00 bits per heavy atom. The first-order valence-electron chi connectivity index (χ1n) is 6.38. The number of hydrogen-bond donors (Lipinski definition) is 1. The maximum atomic E-state index is 12.0. The third-order valence-electron chi connectivity index (χ3n) is 3.06. The lowest BCUT2D eigenvalue weighted by Gasteiger charge is -2.13. The lowest BCUT2D eigenvalue weighted by Crippen LogP contribution is -2.31. The van der Waals surface area contributed by atoms with Crippen molar-refractivity contribution in [2.24, 2.45) is 0 Å². The maximum Gasteiger partial charge on any atom is 0.256 e. The van der Waals surface area contributed by atoms with Crippen LogP contribution in [0.1, 0.15) is 16.1 Å². The van der Waals surface area contributed by atoms with Gasteiger partial charge in [0.25, 0.3) is 5.56 Å². The third-order valence-corrected chi connectivity index (χ3v) is 3.91. The molecule has 2 aromatic heterocycles. The van der Waals surface area contributed by atoms with E-state index in [9.17, 15) is 9.90 Å². The summed E-state index contributed by atoms with van der Waals surface area (Å²) in [6.07, 6.45) is 0.740. The molecule has 0 saturated carbocycles. The quantitative estimate of drug-likeness (QED) is 0.877. The minimum Gasteiger partial charge on any atom is -0.389 e. The van der Waals surface area contributed by atoms with Crippen LogP contribution in [0.25, 0.3) is 0 Å². The summed E-state index contributed by atoms with van der Waals surface area (Å²) in [5.41, 5.74) is 1.21. The van der Waals surface area contributed by atoms with Gasteiger partial charge in [-0.1, -0.05) is 6.07 Å². The number of aromatic nitrogens is 2. The molecule has 0 aliphatic heterocycles. The average molecular weight is 294 g/mol. The van der Waals surface area contributed by atoms with Crippen LogP contribution in [-0.2, 0) is 17.9 Å². The Balaban J connectivity index is 1.87. The molecule has 0 unspecified atom stereocenters. The van der Waals surface area contributed by atoms with Crippen molar-refractivity contribution >= 4 is 11.3 Å². The molecule has 0 aromatic carbocycles. The van der Waals surface area contributed by atoms with Crippen LogP contribution in [0, 0.1) is 13.8 Å². The number of thiophene rings is 1. The van der Waals surface area contributed by atoms with Gasteiger partial charge in [0.05, 0.1) is 32.2 Å². The summed E-state index contributed by atoms with van der Waals surface area (Å²) in [7, 11) is 0. The standard InChI is InChI=1S/C14H18N2O3S/c1-10-11(2)15-9-16(14(10)18)6-12(17)7-19-8-13-4-3-5-20-13/h3-5,9,12,17H,6-8H2,1-2H3/t12-/m0/s1. The zero-order chi connectivity index (χ0) is 14.5. The fourth-order valence-electron chi connectivity index (χ4n) is 1.78. The predicted octanol–water partition coefficient (Wildman–Crippen LogP) is 1.50. The molecule has 0 saturated heterocycles. The number of aryl methyl sites for hydroxylation is 1. The molecule has 2 rings (SSSR count). The molecule has 0 bridgehead atoms. The molecular formula is C14H18N2O3S. The molecule has 0 amide bonds. The smallest absolute Gasteiger partial charge is 0.256 e. The van der Waals surface area contributed by atoms with E-state index in [-0.39, 0.29) is 18.7 Å². The van der Waals surface area contributed by atoms with Crippen molar-refractivity contribution < 1.29 is 9.84 Å². The first-order valence-corrected chi connectivity index (χ1v) is 7.26. The maximum absolute atomic E-state index is 12.0. The van der Waals surface area contributed by atoms with Gasteiger partial charge in [0, 0.05) is 16.1 Å². The van der Waals surface area contributed by atoms with Crippen LogP contribution in [0.2, 0.25) is 0 Å². The largest absolute Gasteiger partial charge is 0.389 e. The highest BCUT2D eigenvalue weighted by Gasteiger charge is 2.09. The van der Waals surface area contributed by atoms with Gasteiger partial charge in [-0.2, -0.15) is 0 Å². The molecule has 5 nitrogen and oxygen atoms in total. The molecule has 20 heavy (non-hydrogen) atoms. The number of rotatable bonds is 6. The van der Waals surface area contributed by atoms with Crippen molar-refractivity contribution in [3.8, 4) is 0 Å². The van der Waals surface area contributed by atoms with E-state index < -0.39 is 6.10 Å². The van der Waals surface area contributed by atoms with Crippen molar-refractivity contribution in [2.75, 3.05) is 6.61 Å². The van der Waals surface area contributed by atoms with Crippen molar-refractivity contribution in [1.29, 1.82) is 0 Å². The van der Waals surface area contributed by atoms with Crippen LogP contribution >= 0.6 is 11.3 Å². The fourth-order valence-corrected chi connectivity index (χ4v) is 2.42. The fraction of sp³-hybridized carbons (Fsp3) is 0.429. The Kier molecular flexibility index (Phi) is 5.05. The van der Waals surface area contributed by atoms with Gasteiger partial charge >= 0.3 is 0 Å². The summed E-state index contributed by atoms with van der Waals surface area (Å²) in [4.78, 5) is 17.2. The second-order valence-electron chi connectivity index (χ2n) is 4.66. The normalized spacial score (nSPS) is 12.6. The van der Waals surface area contributed by atoms with Gasteiger partial charge < -0.3 is 9.84 Å². The van der Waals surface area contributed by atoms with Crippen molar-refractivity contribution in [2.45, 2.75) is 33.1 Å². The van der Waals surface area contributed by atoms with E-state index in [2.05, 4.69) is 4.98 Å². The topological polar surface area (TPSA) is 64.3 Å². The van der Waals surface area contributed by atoms with Crippen LogP contribution in [0.3, 0.4) is 0 Å². The highest BCUT2D eigenvalue weighted by molar-refractivity contribution is 7.09. The zero-order valence-electron chi connectivity index (χ0n) is 11.6. The molecule has 2 heterocycles. The Hall–Kier alpha value is -1.50. The van der Waals surface area contributed by atoms with E-state index in [1.54, 1.807) is 25.2 Å². The van der Waals surface area contributed by atoms with E-state index >= 15 is 0 Å². The van der Waals surface area contributed by atoms with E-state index in [0.29, 0.717) is 12.2 Å². The monoisotopic (exact) mass is 294 g/mol. The first kappa shape index (κ1) is 14.9. The third kappa shape index (κ3) is 3.75. The van der Waals surface area contributed by atoms with Crippen molar-refractivity contribution in [3.05, 3.63) is 50.3 Å². The van der Waals surface area contributed by atoms with Crippen LogP contribution in [0.15, 0.2) is 28.6 Å². The number of nitrogens with zero attached hydrogens (tertiary/aromatic N) is 2. The predicted molar refractivity (Wildman–Crippen MR) is 78.0 cm³/mol. The van der Waals surface area contributed by atoms with E-state index in [1.807, 2.05) is 17.5 Å². The molecule has 2 aromatic rings. The highest BCUT2D eigenvalue weighted by Crippen LogP contribution is 2.09. The summed E-state index contributed by atoms with van der Waals surface area (Å²) in [5, 5.41) is 11.9. The summed E-state index contributed by atoms with van der Waals surface area (Å²) in [5.74, 6) is 0. The van der Waals surface area contributed by atoms with Gasteiger partial charge in [-0.05, 0) is 25.3 Å². The Bertz CT molecular complexity index is 607. The van der Waals surface area contributed by atoms with Crippen LogP contribution in [0.4, 0.5) is 0 Å². The van der Waals surface area contributed by atoms with E-state index in [0.717, 1.165) is 10.6 Å². The Morgan fingerprint density at radius 2 is 2.30 bits per heavy atom. The number of aliphatic hydroxyl groups is 1. The molecule has 0 fully saturated rings. The molecule has 1 N–H and O–H groups in total. The first-order chi connectivity index (χ1) is 9.58. The molecule has 0 aliphatic rings. The minimum absolute atomic E-state index is 0.116. The molecular weight excluding hydrogens is 276 g/mol. The van der Waals surface area contributed by atoms with Crippen molar-refractivity contribution in [1.82, 2.24) is 9.55 Å². The second kappa shape index (κ2) is 6.78. The molecule has 0 radical (unpaired) electrons. The number of ether oxygens (including phenoxy) is 1. The summed E-state index contributed by atoms with van der Waals surface area (Å²) in [6.45, 7) is 4.39.